The fraction of sp³-hybridized carbons (Fsp3) is 0.667. The third-order valence-corrected chi connectivity index (χ3v) is 4.06. The number of rotatable bonds is 3. The van der Waals surface area contributed by atoms with Crippen LogP contribution >= 0.6 is 11.3 Å². The lowest BCUT2D eigenvalue weighted by atomic mass is 9.80. The zero-order valence-electron chi connectivity index (χ0n) is 8.83. The first-order chi connectivity index (χ1) is 6.86. The molecule has 2 heteroatoms. The van der Waals surface area contributed by atoms with Crippen molar-refractivity contribution < 1.29 is 0 Å². The smallest absolute Gasteiger partial charge is 0.0448 e. The van der Waals surface area contributed by atoms with Crippen LogP contribution in [0, 0.1) is 11.8 Å². The molecule has 1 N–H and O–H groups in total. The number of anilines is 1. The first kappa shape index (κ1) is 10.0. The van der Waals surface area contributed by atoms with Crippen molar-refractivity contribution in [3.63, 3.8) is 0 Å². The van der Waals surface area contributed by atoms with E-state index >= 15 is 0 Å². The maximum absolute atomic E-state index is 3.54. The van der Waals surface area contributed by atoms with E-state index in [1.807, 2.05) is 0 Å². The van der Waals surface area contributed by atoms with E-state index in [4.69, 9.17) is 0 Å². The van der Waals surface area contributed by atoms with E-state index in [9.17, 15) is 0 Å². The molecule has 0 saturated heterocycles. The van der Waals surface area contributed by atoms with Crippen molar-refractivity contribution in [2.75, 3.05) is 11.9 Å². The topological polar surface area (TPSA) is 12.0 Å². The Kier molecular flexibility index (Phi) is 3.46. The van der Waals surface area contributed by atoms with Crippen molar-refractivity contribution in [3.8, 4) is 0 Å². The van der Waals surface area contributed by atoms with Crippen molar-refractivity contribution >= 4 is 17.0 Å². The molecule has 2 rings (SSSR count). The normalized spacial score (nSPS) is 27.5. The predicted molar refractivity (Wildman–Crippen MR) is 63.9 cm³/mol. The van der Waals surface area contributed by atoms with E-state index < -0.39 is 0 Å². The Balaban J connectivity index is 1.79. The molecule has 0 aromatic carbocycles. The van der Waals surface area contributed by atoms with E-state index in [1.165, 1.54) is 31.4 Å². The van der Waals surface area contributed by atoms with Gasteiger partial charge in [0.25, 0.3) is 0 Å². The van der Waals surface area contributed by atoms with Crippen molar-refractivity contribution in [1.82, 2.24) is 0 Å². The molecule has 2 atom stereocenters. The second kappa shape index (κ2) is 4.83. The van der Waals surface area contributed by atoms with E-state index in [0.29, 0.717) is 0 Å². The third-order valence-electron chi connectivity index (χ3n) is 3.38. The summed E-state index contributed by atoms with van der Waals surface area (Å²) < 4.78 is 0. The molecule has 1 aromatic rings. The lowest BCUT2D eigenvalue weighted by Crippen LogP contribution is -2.24. The second-order valence-corrected chi connectivity index (χ2v) is 5.19. The third kappa shape index (κ3) is 2.50. The fourth-order valence-corrected chi connectivity index (χ4v) is 2.92. The van der Waals surface area contributed by atoms with Crippen LogP contribution in [0.5, 0.6) is 0 Å². The zero-order chi connectivity index (χ0) is 9.80. The summed E-state index contributed by atoms with van der Waals surface area (Å²) in [5, 5.41) is 7.85. The molecule has 1 saturated carbocycles. The SMILES string of the molecule is CC1CCCCC1CNc1ccsc1. The average molecular weight is 209 g/mol. The molecule has 1 nitrogen and oxygen atoms in total. The summed E-state index contributed by atoms with van der Waals surface area (Å²) in [7, 11) is 0. The number of hydrogen-bond donors (Lipinski definition) is 1. The van der Waals surface area contributed by atoms with Gasteiger partial charge in [-0.1, -0.05) is 26.2 Å². The van der Waals surface area contributed by atoms with Crippen LogP contribution in [0.3, 0.4) is 0 Å². The van der Waals surface area contributed by atoms with Crippen LogP contribution < -0.4 is 5.32 Å². The van der Waals surface area contributed by atoms with Crippen LogP contribution in [0.15, 0.2) is 16.8 Å². The van der Waals surface area contributed by atoms with Gasteiger partial charge in [-0.25, -0.2) is 0 Å². The van der Waals surface area contributed by atoms with Gasteiger partial charge in [-0.3, -0.25) is 0 Å². The molecule has 78 valence electrons. The summed E-state index contributed by atoms with van der Waals surface area (Å²) in [5.74, 6) is 1.80. The van der Waals surface area contributed by atoms with Gasteiger partial charge in [-0.15, -0.1) is 0 Å². The van der Waals surface area contributed by atoms with Crippen molar-refractivity contribution in [1.29, 1.82) is 0 Å². The van der Waals surface area contributed by atoms with Crippen molar-refractivity contribution in [2.24, 2.45) is 11.8 Å². The fourth-order valence-electron chi connectivity index (χ4n) is 2.31. The quantitative estimate of drug-likeness (QED) is 0.794. The molecule has 0 spiro atoms. The Bertz CT molecular complexity index is 255. The van der Waals surface area contributed by atoms with E-state index in [1.54, 1.807) is 11.3 Å². The zero-order valence-corrected chi connectivity index (χ0v) is 9.65. The van der Waals surface area contributed by atoms with Gasteiger partial charge in [-0.2, -0.15) is 11.3 Å². The predicted octanol–water partition coefficient (Wildman–Crippen LogP) is 3.99. The highest BCUT2D eigenvalue weighted by atomic mass is 32.1. The maximum atomic E-state index is 3.54. The van der Waals surface area contributed by atoms with Crippen LogP contribution in [0.25, 0.3) is 0 Å². The Morgan fingerprint density at radius 3 is 3.00 bits per heavy atom. The van der Waals surface area contributed by atoms with Crippen LogP contribution in [-0.4, -0.2) is 6.54 Å². The standard InChI is InChI=1S/C12H19NS/c1-10-4-2-3-5-11(10)8-13-12-6-7-14-9-12/h6-7,9-11,13H,2-5,8H2,1H3. The highest BCUT2D eigenvalue weighted by Gasteiger charge is 2.20. The van der Waals surface area contributed by atoms with E-state index in [2.05, 4.69) is 29.1 Å². The second-order valence-electron chi connectivity index (χ2n) is 4.41. The van der Waals surface area contributed by atoms with Crippen LogP contribution in [0.1, 0.15) is 32.6 Å². The van der Waals surface area contributed by atoms with Crippen LogP contribution in [-0.2, 0) is 0 Å². The van der Waals surface area contributed by atoms with Gasteiger partial charge in [0.05, 0.1) is 0 Å². The van der Waals surface area contributed by atoms with Gasteiger partial charge in [0, 0.05) is 17.6 Å². The summed E-state index contributed by atoms with van der Waals surface area (Å²) in [6.45, 7) is 3.57. The maximum Gasteiger partial charge on any atom is 0.0448 e. The highest BCUT2D eigenvalue weighted by Crippen LogP contribution is 2.29. The van der Waals surface area contributed by atoms with Crippen molar-refractivity contribution in [2.45, 2.75) is 32.6 Å². The molecule has 1 aliphatic carbocycles. The molecular weight excluding hydrogens is 190 g/mol. The number of nitrogens with one attached hydrogen (secondary N) is 1. The largest absolute Gasteiger partial charge is 0.384 e. The van der Waals surface area contributed by atoms with Gasteiger partial charge < -0.3 is 5.32 Å². The minimum atomic E-state index is 0.892. The summed E-state index contributed by atoms with van der Waals surface area (Å²) in [5.41, 5.74) is 1.30. The molecule has 1 aromatic heterocycles. The molecule has 0 aliphatic heterocycles. The number of hydrogen-bond acceptors (Lipinski definition) is 2. The molecular formula is C12H19NS. The van der Waals surface area contributed by atoms with Crippen LogP contribution in [0.2, 0.25) is 0 Å². The summed E-state index contributed by atoms with van der Waals surface area (Å²) >= 11 is 1.76. The Hall–Kier alpha value is -0.500. The Morgan fingerprint density at radius 2 is 2.29 bits per heavy atom. The first-order valence-corrected chi connectivity index (χ1v) is 6.56. The molecule has 0 bridgehead atoms. The summed E-state index contributed by atoms with van der Waals surface area (Å²) in [6.07, 6.45) is 5.71. The van der Waals surface area contributed by atoms with Gasteiger partial charge in [0.15, 0.2) is 0 Å². The Labute approximate surface area is 90.5 Å². The van der Waals surface area contributed by atoms with Crippen molar-refractivity contribution in [3.05, 3.63) is 16.8 Å². The molecule has 0 amide bonds. The van der Waals surface area contributed by atoms with E-state index in [0.717, 1.165) is 18.4 Å². The Morgan fingerprint density at radius 1 is 1.43 bits per heavy atom. The average Bonchev–Trinajstić information content (AvgIpc) is 2.69. The number of thiophene rings is 1. The van der Waals surface area contributed by atoms with Gasteiger partial charge in [-0.05, 0) is 29.7 Å². The van der Waals surface area contributed by atoms with E-state index in [-0.39, 0.29) is 0 Å². The summed E-state index contributed by atoms with van der Waals surface area (Å²) in [4.78, 5) is 0. The molecule has 1 heterocycles. The molecule has 0 radical (unpaired) electrons. The summed E-state index contributed by atoms with van der Waals surface area (Å²) in [6, 6.07) is 2.16. The molecule has 1 aliphatic rings. The molecule has 2 unspecified atom stereocenters. The minimum Gasteiger partial charge on any atom is -0.384 e. The lowest BCUT2D eigenvalue weighted by Gasteiger charge is -2.28. The van der Waals surface area contributed by atoms with Gasteiger partial charge >= 0.3 is 0 Å². The van der Waals surface area contributed by atoms with Gasteiger partial charge in [0.2, 0.25) is 0 Å². The minimum absolute atomic E-state index is 0.892. The monoisotopic (exact) mass is 209 g/mol. The highest BCUT2D eigenvalue weighted by molar-refractivity contribution is 7.08. The first-order valence-electron chi connectivity index (χ1n) is 5.62. The molecule has 14 heavy (non-hydrogen) atoms. The van der Waals surface area contributed by atoms with Crippen LogP contribution in [0.4, 0.5) is 5.69 Å². The lowest BCUT2D eigenvalue weighted by molar-refractivity contribution is 0.268. The molecule has 1 fully saturated rings. The van der Waals surface area contributed by atoms with Gasteiger partial charge in [0.1, 0.15) is 0 Å².